The Morgan fingerprint density at radius 1 is 0.806 bits per heavy atom. The summed E-state index contributed by atoms with van der Waals surface area (Å²) in [5.74, 6) is 0.745. The molecular formula is C23H16N6S2. The molecule has 0 saturated heterocycles. The minimum absolute atomic E-state index is 0.266. The second kappa shape index (κ2) is 6.63. The van der Waals surface area contributed by atoms with Crippen LogP contribution in [-0.4, -0.2) is 29.2 Å². The zero-order valence-electron chi connectivity index (χ0n) is 16.3. The number of benzene rings is 2. The minimum atomic E-state index is 0.266. The first kappa shape index (κ1) is 17.5. The van der Waals surface area contributed by atoms with Crippen molar-refractivity contribution in [3.8, 4) is 0 Å². The second-order valence-corrected chi connectivity index (χ2v) is 10.0. The van der Waals surface area contributed by atoms with Gasteiger partial charge in [-0.2, -0.15) is 0 Å². The highest BCUT2D eigenvalue weighted by molar-refractivity contribution is 8.00. The Balaban J connectivity index is 1.55. The summed E-state index contributed by atoms with van der Waals surface area (Å²) >= 11 is 3.87. The molecule has 7 rings (SSSR count). The van der Waals surface area contributed by atoms with Crippen molar-refractivity contribution in [2.45, 2.75) is 16.9 Å². The van der Waals surface area contributed by atoms with Gasteiger partial charge in [-0.1, -0.05) is 60.7 Å². The van der Waals surface area contributed by atoms with E-state index in [2.05, 4.69) is 85.5 Å². The molecule has 2 unspecified atom stereocenters. The normalized spacial score (nSPS) is 18.7. The lowest BCUT2D eigenvalue weighted by Gasteiger charge is -2.30. The van der Waals surface area contributed by atoms with Crippen molar-refractivity contribution in [1.82, 2.24) is 29.2 Å². The third kappa shape index (κ3) is 2.52. The number of fused-ring (bicyclic) bond motifs is 8. The molecule has 8 heteroatoms. The highest BCUT2D eigenvalue weighted by Crippen LogP contribution is 2.55. The first-order valence-electron chi connectivity index (χ1n) is 10.1. The Kier molecular flexibility index (Phi) is 3.73. The van der Waals surface area contributed by atoms with Crippen LogP contribution in [-0.2, 0) is 6.42 Å². The van der Waals surface area contributed by atoms with Crippen LogP contribution in [0.3, 0.4) is 0 Å². The standard InChI is InChI=1S/C23H16N6S2/c1-3-7-14(8-4-1)17-11-16-18-21-26-24-12-28(21)23-27-25-13-29(23)22(18)31-20(16)19(30-17)15-9-5-2-6-10-15/h1-10,12-13,17,19H,11H2. The Bertz CT molecular complexity index is 1550. The van der Waals surface area contributed by atoms with Crippen molar-refractivity contribution < 1.29 is 0 Å². The van der Waals surface area contributed by atoms with Gasteiger partial charge < -0.3 is 0 Å². The molecule has 1 aliphatic rings. The van der Waals surface area contributed by atoms with Crippen molar-refractivity contribution >= 4 is 44.7 Å². The third-order valence-corrected chi connectivity index (χ3v) is 8.95. The Morgan fingerprint density at radius 3 is 2.32 bits per heavy atom. The van der Waals surface area contributed by atoms with Crippen LogP contribution in [0.25, 0.3) is 21.6 Å². The molecule has 0 N–H and O–H groups in total. The minimum Gasteiger partial charge on any atom is -0.257 e. The lowest BCUT2D eigenvalue weighted by Crippen LogP contribution is -2.11. The molecule has 5 heterocycles. The van der Waals surface area contributed by atoms with Crippen LogP contribution in [0.5, 0.6) is 0 Å². The van der Waals surface area contributed by atoms with Gasteiger partial charge in [0.25, 0.3) is 0 Å². The summed E-state index contributed by atoms with van der Waals surface area (Å²) in [6, 6.07) is 21.6. The van der Waals surface area contributed by atoms with Crippen LogP contribution in [0.4, 0.5) is 0 Å². The van der Waals surface area contributed by atoms with Crippen molar-refractivity contribution in [3.05, 3.63) is 94.9 Å². The molecule has 150 valence electrons. The molecule has 4 aromatic heterocycles. The number of thioether (sulfide) groups is 1. The van der Waals surface area contributed by atoms with Gasteiger partial charge in [0, 0.05) is 10.1 Å². The monoisotopic (exact) mass is 440 g/mol. The van der Waals surface area contributed by atoms with Crippen LogP contribution < -0.4 is 0 Å². The number of aromatic nitrogens is 6. The van der Waals surface area contributed by atoms with Crippen LogP contribution in [0, 0.1) is 0 Å². The summed E-state index contributed by atoms with van der Waals surface area (Å²) in [6.45, 7) is 0. The number of hydrogen-bond donors (Lipinski definition) is 0. The summed E-state index contributed by atoms with van der Waals surface area (Å²) < 4.78 is 4.01. The molecule has 0 amide bonds. The lowest BCUT2D eigenvalue weighted by molar-refractivity contribution is 0.894. The van der Waals surface area contributed by atoms with Gasteiger partial charge in [-0.3, -0.25) is 4.40 Å². The van der Waals surface area contributed by atoms with Gasteiger partial charge in [0.05, 0.1) is 10.6 Å². The van der Waals surface area contributed by atoms with Gasteiger partial charge in [0.1, 0.15) is 17.5 Å². The average molecular weight is 441 g/mol. The molecular weight excluding hydrogens is 424 g/mol. The molecule has 1 aliphatic heterocycles. The van der Waals surface area contributed by atoms with E-state index in [-0.39, 0.29) is 5.25 Å². The van der Waals surface area contributed by atoms with E-state index in [0.29, 0.717) is 5.25 Å². The molecule has 0 radical (unpaired) electrons. The predicted molar refractivity (Wildman–Crippen MR) is 124 cm³/mol. The van der Waals surface area contributed by atoms with E-state index in [4.69, 9.17) is 0 Å². The van der Waals surface area contributed by atoms with Crippen LogP contribution in [0.15, 0.2) is 73.3 Å². The molecule has 2 atom stereocenters. The van der Waals surface area contributed by atoms with Crippen molar-refractivity contribution in [2.75, 3.05) is 0 Å². The molecule has 0 spiro atoms. The Hall–Kier alpha value is -3.23. The topological polar surface area (TPSA) is 60.4 Å². The summed E-state index contributed by atoms with van der Waals surface area (Å²) in [4.78, 5) is 2.53. The van der Waals surface area contributed by atoms with E-state index < -0.39 is 0 Å². The van der Waals surface area contributed by atoms with E-state index in [9.17, 15) is 0 Å². The fourth-order valence-electron chi connectivity index (χ4n) is 4.55. The highest BCUT2D eigenvalue weighted by atomic mass is 32.2. The van der Waals surface area contributed by atoms with Gasteiger partial charge in [-0.25, -0.2) is 4.40 Å². The molecule has 0 fully saturated rings. The maximum Gasteiger partial charge on any atom is 0.243 e. The van der Waals surface area contributed by atoms with Gasteiger partial charge in [0.2, 0.25) is 5.78 Å². The maximum absolute atomic E-state index is 4.48. The molecule has 0 bridgehead atoms. The largest absolute Gasteiger partial charge is 0.257 e. The molecule has 2 aromatic carbocycles. The molecule has 31 heavy (non-hydrogen) atoms. The number of rotatable bonds is 2. The van der Waals surface area contributed by atoms with E-state index in [1.54, 1.807) is 12.7 Å². The van der Waals surface area contributed by atoms with E-state index in [0.717, 1.165) is 22.7 Å². The molecule has 6 nitrogen and oxygen atoms in total. The van der Waals surface area contributed by atoms with E-state index in [1.807, 2.05) is 27.5 Å². The van der Waals surface area contributed by atoms with E-state index >= 15 is 0 Å². The van der Waals surface area contributed by atoms with Gasteiger partial charge in [0.15, 0.2) is 5.65 Å². The fourth-order valence-corrected chi connectivity index (χ4v) is 7.65. The first-order valence-corrected chi connectivity index (χ1v) is 11.9. The zero-order chi connectivity index (χ0) is 20.4. The maximum atomic E-state index is 4.48. The van der Waals surface area contributed by atoms with Crippen LogP contribution in [0.1, 0.15) is 32.1 Å². The van der Waals surface area contributed by atoms with Crippen molar-refractivity contribution in [3.63, 3.8) is 0 Å². The Morgan fingerprint density at radius 2 is 1.52 bits per heavy atom. The summed E-state index contributed by atoms with van der Waals surface area (Å²) in [5.41, 5.74) is 4.92. The quantitative estimate of drug-likeness (QED) is 0.375. The smallest absolute Gasteiger partial charge is 0.243 e. The van der Waals surface area contributed by atoms with Gasteiger partial charge in [-0.05, 0) is 23.1 Å². The molecule has 0 saturated carbocycles. The SMILES string of the molecule is c1ccc(C2Cc3c(sc4c3c3nncn3c3nncn43)C(c3ccccc3)S2)cc1. The van der Waals surface area contributed by atoms with Gasteiger partial charge >= 0.3 is 0 Å². The zero-order valence-corrected chi connectivity index (χ0v) is 17.9. The highest BCUT2D eigenvalue weighted by Gasteiger charge is 2.34. The summed E-state index contributed by atoms with van der Waals surface area (Å²) in [7, 11) is 0. The number of hydrogen-bond acceptors (Lipinski definition) is 6. The van der Waals surface area contributed by atoms with Crippen molar-refractivity contribution in [1.29, 1.82) is 0 Å². The lowest BCUT2D eigenvalue weighted by atomic mass is 9.98. The summed E-state index contributed by atoms with van der Waals surface area (Å²) in [5, 5.41) is 19.0. The first-order chi connectivity index (χ1) is 15.4. The van der Waals surface area contributed by atoms with E-state index in [1.165, 1.54) is 27.0 Å². The number of nitrogens with zero attached hydrogens (tertiary/aromatic N) is 6. The molecule has 6 aromatic rings. The summed E-state index contributed by atoms with van der Waals surface area (Å²) in [6.07, 6.45) is 4.48. The van der Waals surface area contributed by atoms with Crippen LogP contribution in [0.2, 0.25) is 0 Å². The van der Waals surface area contributed by atoms with Crippen molar-refractivity contribution in [2.24, 2.45) is 0 Å². The number of thiophene rings is 1. The van der Waals surface area contributed by atoms with Gasteiger partial charge in [-0.15, -0.1) is 43.5 Å². The average Bonchev–Trinajstić information content (AvgIpc) is 3.56. The predicted octanol–water partition coefficient (Wildman–Crippen LogP) is 5.11. The van der Waals surface area contributed by atoms with Crippen LogP contribution >= 0.6 is 23.1 Å². The second-order valence-electron chi connectivity index (χ2n) is 7.68. The fraction of sp³-hybridized carbons (Fsp3) is 0.130. The third-order valence-electron chi connectivity index (χ3n) is 5.96. The molecule has 0 aliphatic carbocycles. The Labute approximate surface area is 185 Å².